The van der Waals surface area contributed by atoms with E-state index in [-0.39, 0.29) is 48.0 Å². The second-order valence-electron chi connectivity index (χ2n) is 3.15. The van der Waals surface area contributed by atoms with Gasteiger partial charge in [-0.05, 0) is 18.0 Å². The first kappa shape index (κ1) is 16.7. The van der Waals surface area contributed by atoms with Gasteiger partial charge in [0.25, 0.3) is 0 Å². The van der Waals surface area contributed by atoms with Crippen LogP contribution in [0.1, 0.15) is 24.2 Å². The Morgan fingerprint density at radius 2 is 1.79 bits per heavy atom. The minimum Gasteiger partial charge on any atom is -1.00 e. The van der Waals surface area contributed by atoms with Crippen molar-refractivity contribution in [3.8, 4) is 0 Å². The quantitative estimate of drug-likeness (QED) is 0.577. The Hall–Kier alpha value is 0.270. The van der Waals surface area contributed by atoms with Crippen LogP contribution in [0.4, 0.5) is 0 Å². The fourth-order valence-electron chi connectivity index (χ4n) is 1.15. The SMILES string of the molecule is CC(CN)C(N)c1ccccc1.[Al+3].[H-].[H-].[H-].[H-].[Li+]. The van der Waals surface area contributed by atoms with Crippen molar-refractivity contribution >= 4 is 17.4 Å². The molecule has 0 amide bonds. The number of benzene rings is 1. The van der Waals surface area contributed by atoms with Gasteiger partial charge in [-0.3, -0.25) is 0 Å². The van der Waals surface area contributed by atoms with Crippen molar-refractivity contribution in [3.63, 3.8) is 0 Å². The molecule has 0 aromatic heterocycles. The van der Waals surface area contributed by atoms with E-state index < -0.39 is 0 Å². The Bertz CT molecular complexity index is 245. The standard InChI is InChI=1S/C10H16N2.Al.Li.4H/c1-8(7-11)10(12)9-5-3-2-4-6-9;;;;;;/h2-6,8,10H,7,11-12H2,1H3;;;;;;/q;+3;+1;4*-1. The van der Waals surface area contributed by atoms with Gasteiger partial charge in [0.1, 0.15) is 0 Å². The van der Waals surface area contributed by atoms with E-state index in [1.165, 1.54) is 0 Å². The van der Waals surface area contributed by atoms with E-state index >= 15 is 0 Å². The molecule has 1 aromatic rings. The molecule has 0 heterocycles. The Morgan fingerprint density at radius 3 is 2.21 bits per heavy atom. The van der Waals surface area contributed by atoms with E-state index in [4.69, 9.17) is 11.5 Å². The molecule has 0 saturated heterocycles. The molecule has 0 fully saturated rings. The van der Waals surface area contributed by atoms with Crippen LogP contribution in [0, 0.1) is 5.92 Å². The molecule has 1 rings (SSSR count). The first-order valence-electron chi connectivity index (χ1n) is 4.26. The Morgan fingerprint density at radius 1 is 1.29 bits per heavy atom. The van der Waals surface area contributed by atoms with E-state index in [1.807, 2.05) is 30.3 Å². The van der Waals surface area contributed by atoms with Crippen molar-refractivity contribution < 1.29 is 24.6 Å². The van der Waals surface area contributed by atoms with Gasteiger partial charge in [-0.1, -0.05) is 37.3 Å². The summed E-state index contributed by atoms with van der Waals surface area (Å²) in [4.78, 5) is 0. The van der Waals surface area contributed by atoms with Crippen molar-refractivity contribution in [3.05, 3.63) is 35.9 Å². The number of rotatable bonds is 3. The topological polar surface area (TPSA) is 52.0 Å². The maximum Gasteiger partial charge on any atom is 3.00 e. The van der Waals surface area contributed by atoms with Crippen molar-refractivity contribution in [1.29, 1.82) is 0 Å². The molecule has 0 spiro atoms. The Balaban J connectivity index is -0.0000000600. The second kappa shape index (κ2) is 8.57. The van der Waals surface area contributed by atoms with Crippen LogP contribution in [-0.2, 0) is 0 Å². The van der Waals surface area contributed by atoms with E-state index in [2.05, 4.69) is 6.92 Å². The molecule has 0 aliphatic rings. The van der Waals surface area contributed by atoms with Gasteiger partial charge in [-0.2, -0.15) is 0 Å². The molecule has 2 unspecified atom stereocenters. The van der Waals surface area contributed by atoms with Gasteiger partial charge >= 0.3 is 36.2 Å². The van der Waals surface area contributed by atoms with Gasteiger partial charge < -0.3 is 17.2 Å². The fraction of sp³-hybridized carbons (Fsp3) is 0.400. The number of nitrogens with two attached hydrogens (primary N) is 2. The normalized spacial score (nSPS) is 13.4. The summed E-state index contributed by atoms with van der Waals surface area (Å²) in [7, 11) is 0. The Labute approximate surface area is 115 Å². The van der Waals surface area contributed by atoms with Crippen LogP contribution < -0.4 is 30.3 Å². The van der Waals surface area contributed by atoms with E-state index in [9.17, 15) is 0 Å². The molecule has 4 heteroatoms. The van der Waals surface area contributed by atoms with Gasteiger partial charge in [-0.25, -0.2) is 0 Å². The molecule has 4 N–H and O–H groups in total. The van der Waals surface area contributed by atoms with Crippen LogP contribution >= 0.6 is 0 Å². The summed E-state index contributed by atoms with van der Waals surface area (Å²) in [5.74, 6) is 0.340. The van der Waals surface area contributed by atoms with Crippen LogP contribution in [0.2, 0.25) is 0 Å². The van der Waals surface area contributed by atoms with Gasteiger partial charge in [0.2, 0.25) is 0 Å². The second-order valence-corrected chi connectivity index (χ2v) is 3.15. The third-order valence-electron chi connectivity index (χ3n) is 2.17. The molecule has 2 atom stereocenters. The molecule has 1 aromatic carbocycles. The first-order chi connectivity index (χ1) is 5.75. The molecule has 0 bridgehead atoms. The van der Waals surface area contributed by atoms with Crippen molar-refractivity contribution in [2.24, 2.45) is 17.4 Å². The average molecular weight is 202 g/mol. The zero-order valence-corrected chi connectivity index (χ0v) is 10.1. The van der Waals surface area contributed by atoms with Crippen molar-refractivity contribution in [2.75, 3.05) is 6.54 Å². The van der Waals surface area contributed by atoms with Crippen LogP contribution in [0.5, 0.6) is 0 Å². The molecule has 0 aliphatic heterocycles. The van der Waals surface area contributed by atoms with Crippen LogP contribution in [0.15, 0.2) is 30.3 Å². The van der Waals surface area contributed by atoms with Crippen molar-refractivity contribution in [1.82, 2.24) is 0 Å². The minimum atomic E-state index is 0. The zero-order valence-electron chi connectivity index (χ0n) is 13.0. The maximum absolute atomic E-state index is 5.97. The van der Waals surface area contributed by atoms with Crippen molar-refractivity contribution in [2.45, 2.75) is 13.0 Å². The zero-order chi connectivity index (χ0) is 8.97. The predicted molar refractivity (Wildman–Crippen MR) is 61.8 cm³/mol. The summed E-state index contributed by atoms with van der Waals surface area (Å²) in [6.07, 6.45) is 0. The fourth-order valence-corrected chi connectivity index (χ4v) is 1.15. The molecule has 14 heavy (non-hydrogen) atoms. The molecule has 74 valence electrons. The monoisotopic (exact) mass is 202 g/mol. The van der Waals surface area contributed by atoms with Gasteiger partial charge in [0.05, 0.1) is 0 Å². The van der Waals surface area contributed by atoms with Crippen LogP contribution in [0.25, 0.3) is 0 Å². The summed E-state index contributed by atoms with van der Waals surface area (Å²) in [6, 6.07) is 10.1. The smallest absolute Gasteiger partial charge is 1.00 e. The summed E-state index contributed by atoms with van der Waals surface area (Å²) in [5, 5.41) is 0. The van der Waals surface area contributed by atoms with Gasteiger partial charge in [-0.15, -0.1) is 0 Å². The van der Waals surface area contributed by atoms with E-state index in [0.717, 1.165) is 5.56 Å². The van der Waals surface area contributed by atoms with E-state index in [0.29, 0.717) is 12.5 Å². The number of hydrogen-bond acceptors (Lipinski definition) is 2. The largest absolute Gasteiger partial charge is 3.00 e. The summed E-state index contributed by atoms with van der Waals surface area (Å²) >= 11 is 0. The number of hydrogen-bond donors (Lipinski definition) is 2. The average Bonchev–Trinajstić information content (AvgIpc) is 2.17. The summed E-state index contributed by atoms with van der Waals surface area (Å²) in [6.45, 7) is 2.70. The van der Waals surface area contributed by atoms with Crippen LogP contribution in [-0.4, -0.2) is 23.9 Å². The molecular formula is C10H20AlLiN2. The van der Waals surface area contributed by atoms with Gasteiger partial charge in [0.15, 0.2) is 0 Å². The first-order valence-corrected chi connectivity index (χ1v) is 4.26. The minimum absolute atomic E-state index is 0. The van der Waals surface area contributed by atoms with Crippen LogP contribution in [0.3, 0.4) is 0 Å². The third-order valence-corrected chi connectivity index (χ3v) is 2.17. The molecule has 0 aliphatic carbocycles. The van der Waals surface area contributed by atoms with E-state index in [1.54, 1.807) is 0 Å². The van der Waals surface area contributed by atoms with Gasteiger partial charge in [0, 0.05) is 6.04 Å². The summed E-state index contributed by atoms with van der Waals surface area (Å²) in [5.41, 5.74) is 12.7. The molecule has 2 nitrogen and oxygen atoms in total. The molecule has 0 radical (unpaired) electrons. The maximum atomic E-state index is 5.97. The summed E-state index contributed by atoms with van der Waals surface area (Å²) < 4.78 is 0. The Kier molecular flexibility index (Phi) is 10.2. The predicted octanol–water partition coefficient (Wildman–Crippen LogP) is -1.65. The molecular weight excluding hydrogens is 182 g/mol. The third kappa shape index (κ3) is 4.67. The molecule has 0 saturated carbocycles.